The van der Waals surface area contributed by atoms with Gasteiger partial charge in [0, 0.05) is 24.7 Å². The molecule has 2 saturated heterocycles. The molecule has 1 spiro atoms. The third kappa shape index (κ3) is 5.23. The molecule has 4 aliphatic rings. The van der Waals surface area contributed by atoms with E-state index in [4.69, 9.17) is 23.7 Å². The molecule has 212 valence electrons. The molecule has 2 aliphatic carbocycles. The standard InChI is InChI=1S/C29H42O9/c1-6-23(30)35-16-28(5)20-11-14-29(17-36-29)21(27(20,4)13-12-22(28)38-25(32)8-3)10-9-18-19(15-34-26(18)33)37-24(31)7-2/h9,19-22H,6-8,10-17H2,1-5H3/b18-9+/t19-,20?,21?,22-,27+,28+,29+/m1/s1. The van der Waals surface area contributed by atoms with Gasteiger partial charge in [-0.1, -0.05) is 40.7 Å². The van der Waals surface area contributed by atoms with E-state index in [-0.39, 0.29) is 79.3 Å². The molecule has 0 aromatic carbocycles. The third-order valence-corrected chi connectivity index (χ3v) is 9.55. The number of hydrogen-bond acceptors (Lipinski definition) is 9. The summed E-state index contributed by atoms with van der Waals surface area (Å²) in [7, 11) is 0. The smallest absolute Gasteiger partial charge is 0.337 e. The van der Waals surface area contributed by atoms with Gasteiger partial charge in [-0.15, -0.1) is 0 Å². The number of cyclic esters (lactones) is 1. The summed E-state index contributed by atoms with van der Waals surface area (Å²) < 4.78 is 28.4. The first-order valence-electron chi connectivity index (χ1n) is 14.1. The Kier molecular flexibility index (Phi) is 8.26. The molecule has 7 atom stereocenters. The second kappa shape index (κ2) is 11.0. The summed E-state index contributed by atoms with van der Waals surface area (Å²) >= 11 is 0. The third-order valence-electron chi connectivity index (χ3n) is 9.55. The van der Waals surface area contributed by atoms with Crippen LogP contribution in [-0.2, 0) is 42.9 Å². The molecule has 2 unspecified atom stereocenters. The Hall–Kier alpha value is -2.42. The van der Waals surface area contributed by atoms with E-state index < -0.39 is 17.5 Å². The van der Waals surface area contributed by atoms with Gasteiger partial charge in [0.05, 0.1) is 17.8 Å². The number of rotatable bonds is 9. The van der Waals surface area contributed by atoms with Crippen molar-refractivity contribution in [2.75, 3.05) is 19.8 Å². The molecule has 9 nitrogen and oxygen atoms in total. The molecule has 2 heterocycles. The monoisotopic (exact) mass is 534 g/mol. The minimum absolute atomic E-state index is 0.0357. The zero-order valence-corrected chi connectivity index (χ0v) is 23.3. The van der Waals surface area contributed by atoms with Crippen molar-refractivity contribution in [1.29, 1.82) is 0 Å². The molecule has 0 aromatic heterocycles. The first-order valence-corrected chi connectivity index (χ1v) is 14.1. The van der Waals surface area contributed by atoms with Gasteiger partial charge in [0.1, 0.15) is 19.3 Å². The molecular weight excluding hydrogens is 492 g/mol. The van der Waals surface area contributed by atoms with Gasteiger partial charge in [0.25, 0.3) is 0 Å². The lowest BCUT2D eigenvalue weighted by molar-refractivity contribution is -0.203. The molecule has 0 amide bonds. The van der Waals surface area contributed by atoms with Crippen molar-refractivity contribution < 1.29 is 42.9 Å². The summed E-state index contributed by atoms with van der Waals surface area (Å²) in [5.41, 5.74) is -0.657. The number of fused-ring (bicyclic) bond motifs is 1. The predicted octanol–water partition coefficient (Wildman–Crippen LogP) is 4.06. The van der Waals surface area contributed by atoms with E-state index in [1.807, 2.05) is 6.08 Å². The quantitative estimate of drug-likeness (QED) is 0.187. The lowest BCUT2D eigenvalue weighted by Crippen LogP contribution is -2.61. The van der Waals surface area contributed by atoms with Crippen LogP contribution in [0.1, 0.15) is 86.0 Å². The van der Waals surface area contributed by atoms with Gasteiger partial charge in [-0.05, 0) is 49.4 Å². The highest BCUT2D eigenvalue weighted by Crippen LogP contribution is 2.66. The first-order chi connectivity index (χ1) is 18.0. The summed E-state index contributed by atoms with van der Waals surface area (Å²) in [6.45, 7) is 10.5. The van der Waals surface area contributed by atoms with Gasteiger partial charge in [0.15, 0.2) is 6.10 Å². The molecule has 2 aliphatic heterocycles. The molecule has 4 rings (SSSR count). The fourth-order valence-corrected chi connectivity index (χ4v) is 7.31. The minimum Gasteiger partial charge on any atom is -0.465 e. The van der Waals surface area contributed by atoms with E-state index in [0.29, 0.717) is 25.0 Å². The highest BCUT2D eigenvalue weighted by atomic mass is 16.6. The predicted molar refractivity (Wildman–Crippen MR) is 136 cm³/mol. The van der Waals surface area contributed by atoms with E-state index in [1.165, 1.54) is 0 Å². The molecule has 0 aromatic rings. The van der Waals surface area contributed by atoms with Gasteiger partial charge in [-0.3, -0.25) is 14.4 Å². The average Bonchev–Trinajstić information content (AvgIpc) is 3.59. The van der Waals surface area contributed by atoms with E-state index in [9.17, 15) is 19.2 Å². The zero-order chi connectivity index (χ0) is 27.7. The number of esters is 4. The second-order valence-electron chi connectivity index (χ2n) is 11.7. The Morgan fingerprint density at radius 3 is 2.26 bits per heavy atom. The summed E-state index contributed by atoms with van der Waals surface area (Å²) in [4.78, 5) is 48.9. The Morgan fingerprint density at radius 1 is 0.974 bits per heavy atom. The van der Waals surface area contributed by atoms with E-state index in [1.54, 1.807) is 20.8 Å². The fourth-order valence-electron chi connectivity index (χ4n) is 7.31. The molecule has 0 radical (unpaired) electrons. The van der Waals surface area contributed by atoms with Crippen molar-refractivity contribution in [3.8, 4) is 0 Å². The maximum Gasteiger partial charge on any atom is 0.337 e. The molecular formula is C29H42O9. The topological polar surface area (TPSA) is 118 Å². The highest BCUT2D eigenvalue weighted by Gasteiger charge is 2.67. The summed E-state index contributed by atoms with van der Waals surface area (Å²) in [5.74, 6) is -1.16. The lowest BCUT2D eigenvalue weighted by atomic mass is 9.45. The summed E-state index contributed by atoms with van der Waals surface area (Å²) in [5, 5.41) is 0. The minimum atomic E-state index is -0.693. The van der Waals surface area contributed by atoms with Crippen LogP contribution in [0, 0.1) is 22.7 Å². The molecule has 38 heavy (non-hydrogen) atoms. The van der Waals surface area contributed by atoms with Crippen molar-refractivity contribution >= 4 is 23.9 Å². The molecule has 0 bridgehead atoms. The SMILES string of the molecule is CCC(=O)OC[C@@]1(C)C2CC[C@]3(CO3)C(C/C=C3/C(=O)OC[C@H]3OC(=O)CC)[C@@]2(C)CC[C@H]1OC(=O)CC. The van der Waals surface area contributed by atoms with Crippen molar-refractivity contribution in [1.82, 2.24) is 0 Å². The van der Waals surface area contributed by atoms with Crippen molar-refractivity contribution in [3.05, 3.63) is 11.6 Å². The van der Waals surface area contributed by atoms with E-state index in [0.717, 1.165) is 19.3 Å². The molecule has 2 saturated carbocycles. The van der Waals surface area contributed by atoms with E-state index in [2.05, 4.69) is 13.8 Å². The van der Waals surface area contributed by atoms with Crippen LogP contribution >= 0.6 is 0 Å². The Balaban J connectivity index is 1.63. The second-order valence-corrected chi connectivity index (χ2v) is 11.7. The largest absolute Gasteiger partial charge is 0.465 e. The van der Waals surface area contributed by atoms with Crippen LogP contribution in [0.25, 0.3) is 0 Å². The first kappa shape index (κ1) is 28.6. The van der Waals surface area contributed by atoms with Crippen LogP contribution in [0.4, 0.5) is 0 Å². The van der Waals surface area contributed by atoms with Gasteiger partial charge < -0.3 is 23.7 Å². The van der Waals surface area contributed by atoms with Crippen LogP contribution < -0.4 is 0 Å². The Labute approximate surface area is 224 Å². The van der Waals surface area contributed by atoms with Crippen LogP contribution in [0.2, 0.25) is 0 Å². The van der Waals surface area contributed by atoms with Crippen LogP contribution in [0.15, 0.2) is 11.6 Å². The van der Waals surface area contributed by atoms with E-state index >= 15 is 0 Å². The van der Waals surface area contributed by atoms with Crippen molar-refractivity contribution in [2.45, 2.75) is 104 Å². The number of epoxide rings is 1. The van der Waals surface area contributed by atoms with Gasteiger partial charge in [0.2, 0.25) is 0 Å². The molecule has 9 heteroatoms. The number of hydrogen-bond donors (Lipinski definition) is 0. The maximum atomic E-state index is 12.5. The van der Waals surface area contributed by atoms with Crippen LogP contribution in [0.3, 0.4) is 0 Å². The average molecular weight is 535 g/mol. The lowest BCUT2D eigenvalue weighted by Gasteiger charge is -2.61. The van der Waals surface area contributed by atoms with Gasteiger partial charge in [-0.25, -0.2) is 4.79 Å². The van der Waals surface area contributed by atoms with Crippen LogP contribution in [-0.4, -0.2) is 61.5 Å². The van der Waals surface area contributed by atoms with Gasteiger partial charge >= 0.3 is 23.9 Å². The van der Waals surface area contributed by atoms with Crippen LogP contribution in [0.5, 0.6) is 0 Å². The Morgan fingerprint density at radius 2 is 1.63 bits per heavy atom. The fraction of sp³-hybridized carbons (Fsp3) is 0.793. The number of carbonyl (C=O) groups excluding carboxylic acids is 4. The number of allylic oxidation sites excluding steroid dienone is 1. The normalized spacial score (nSPS) is 38.9. The highest BCUT2D eigenvalue weighted by molar-refractivity contribution is 5.92. The van der Waals surface area contributed by atoms with Crippen molar-refractivity contribution in [3.63, 3.8) is 0 Å². The molecule has 0 N–H and O–H groups in total. The summed E-state index contributed by atoms with van der Waals surface area (Å²) in [6.07, 6.45) is 5.37. The summed E-state index contributed by atoms with van der Waals surface area (Å²) in [6, 6.07) is 0. The number of ether oxygens (including phenoxy) is 5. The maximum absolute atomic E-state index is 12.5. The Bertz CT molecular complexity index is 983. The van der Waals surface area contributed by atoms with Crippen molar-refractivity contribution in [2.24, 2.45) is 22.7 Å². The number of carbonyl (C=O) groups is 4. The zero-order valence-electron chi connectivity index (χ0n) is 23.3. The molecule has 4 fully saturated rings. The van der Waals surface area contributed by atoms with Gasteiger partial charge in [-0.2, -0.15) is 0 Å².